The standard InChI is InChI=1S/C15H14INO2/c1-2-17(13-7-4-8-14(18)10-13)15(19)11-5-3-6-12(16)9-11/h3-10,18H,2H2,1H3. The van der Waals surface area contributed by atoms with Crippen LogP contribution in [0.5, 0.6) is 5.75 Å². The molecule has 0 aliphatic carbocycles. The van der Waals surface area contributed by atoms with Crippen LogP contribution in [0.3, 0.4) is 0 Å². The van der Waals surface area contributed by atoms with Crippen molar-refractivity contribution in [3.05, 3.63) is 57.7 Å². The number of anilines is 1. The highest BCUT2D eigenvalue weighted by atomic mass is 127. The molecule has 0 spiro atoms. The summed E-state index contributed by atoms with van der Waals surface area (Å²) < 4.78 is 1.02. The fourth-order valence-electron chi connectivity index (χ4n) is 1.88. The summed E-state index contributed by atoms with van der Waals surface area (Å²) in [6.45, 7) is 2.46. The Kier molecular flexibility index (Phi) is 4.42. The minimum atomic E-state index is -0.0633. The molecule has 0 aromatic heterocycles. The van der Waals surface area contributed by atoms with Gasteiger partial charge < -0.3 is 10.0 Å². The van der Waals surface area contributed by atoms with Crippen molar-refractivity contribution in [3.63, 3.8) is 0 Å². The lowest BCUT2D eigenvalue weighted by Gasteiger charge is -2.21. The molecule has 0 bridgehead atoms. The van der Waals surface area contributed by atoms with Crippen LogP contribution in [-0.4, -0.2) is 17.6 Å². The van der Waals surface area contributed by atoms with Gasteiger partial charge in [-0.3, -0.25) is 4.79 Å². The average Bonchev–Trinajstić information content (AvgIpc) is 2.39. The van der Waals surface area contributed by atoms with Crippen molar-refractivity contribution in [2.24, 2.45) is 0 Å². The summed E-state index contributed by atoms with van der Waals surface area (Å²) >= 11 is 2.18. The Hall–Kier alpha value is -1.56. The molecule has 0 saturated heterocycles. The quantitative estimate of drug-likeness (QED) is 0.842. The molecule has 0 aliphatic heterocycles. The van der Waals surface area contributed by atoms with E-state index in [4.69, 9.17) is 0 Å². The molecule has 19 heavy (non-hydrogen) atoms. The Labute approximate surface area is 126 Å². The zero-order chi connectivity index (χ0) is 13.8. The molecule has 0 radical (unpaired) electrons. The Balaban J connectivity index is 2.34. The van der Waals surface area contributed by atoms with E-state index in [9.17, 15) is 9.90 Å². The first-order chi connectivity index (χ1) is 9.11. The maximum Gasteiger partial charge on any atom is 0.258 e. The second-order valence-corrected chi connectivity index (χ2v) is 5.33. The number of nitrogens with zero attached hydrogens (tertiary/aromatic N) is 1. The lowest BCUT2D eigenvalue weighted by Crippen LogP contribution is -2.30. The first-order valence-electron chi connectivity index (χ1n) is 5.98. The zero-order valence-electron chi connectivity index (χ0n) is 10.5. The summed E-state index contributed by atoms with van der Waals surface area (Å²) in [5.41, 5.74) is 1.35. The maximum absolute atomic E-state index is 12.5. The summed E-state index contributed by atoms with van der Waals surface area (Å²) in [5.74, 6) is 0.0954. The van der Waals surface area contributed by atoms with Gasteiger partial charge in [0.1, 0.15) is 5.75 Å². The molecule has 4 heteroatoms. The number of benzene rings is 2. The monoisotopic (exact) mass is 367 g/mol. The van der Waals surface area contributed by atoms with Crippen LogP contribution in [-0.2, 0) is 0 Å². The molecule has 0 atom stereocenters. The molecule has 98 valence electrons. The number of hydrogen-bond donors (Lipinski definition) is 1. The van der Waals surface area contributed by atoms with Gasteiger partial charge in [0, 0.05) is 27.4 Å². The van der Waals surface area contributed by atoms with Crippen LogP contribution < -0.4 is 4.90 Å². The normalized spacial score (nSPS) is 10.2. The minimum Gasteiger partial charge on any atom is -0.508 e. The van der Waals surface area contributed by atoms with Gasteiger partial charge in [-0.15, -0.1) is 0 Å². The van der Waals surface area contributed by atoms with Crippen molar-refractivity contribution in [1.29, 1.82) is 0 Å². The van der Waals surface area contributed by atoms with E-state index >= 15 is 0 Å². The zero-order valence-corrected chi connectivity index (χ0v) is 12.7. The lowest BCUT2D eigenvalue weighted by atomic mass is 10.2. The van der Waals surface area contributed by atoms with Crippen molar-refractivity contribution in [2.75, 3.05) is 11.4 Å². The van der Waals surface area contributed by atoms with E-state index in [2.05, 4.69) is 22.6 Å². The Morgan fingerprint density at radius 1 is 1.21 bits per heavy atom. The largest absolute Gasteiger partial charge is 0.508 e. The van der Waals surface area contributed by atoms with Crippen LogP contribution in [0.15, 0.2) is 48.5 Å². The van der Waals surface area contributed by atoms with Crippen LogP contribution in [0, 0.1) is 3.57 Å². The number of phenols is 1. The molecular weight excluding hydrogens is 353 g/mol. The van der Waals surface area contributed by atoms with E-state index < -0.39 is 0 Å². The fourth-order valence-corrected chi connectivity index (χ4v) is 2.42. The summed E-state index contributed by atoms with van der Waals surface area (Å²) in [7, 11) is 0. The topological polar surface area (TPSA) is 40.5 Å². The molecule has 2 aromatic rings. The van der Waals surface area contributed by atoms with Crippen LogP contribution in [0.1, 0.15) is 17.3 Å². The molecule has 0 aliphatic rings. The molecule has 0 unspecified atom stereocenters. The number of hydrogen-bond acceptors (Lipinski definition) is 2. The summed E-state index contributed by atoms with van der Waals surface area (Å²) in [4.78, 5) is 14.1. The summed E-state index contributed by atoms with van der Waals surface area (Å²) in [6.07, 6.45) is 0. The van der Waals surface area contributed by atoms with Crippen LogP contribution in [0.2, 0.25) is 0 Å². The maximum atomic E-state index is 12.5. The van der Waals surface area contributed by atoms with E-state index in [0.717, 1.165) is 3.57 Å². The Bertz CT molecular complexity index is 598. The average molecular weight is 367 g/mol. The highest BCUT2D eigenvalue weighted by Gasteiger charge is 2.16. The minimum absolute atomic E-state index is 0.0633. The molecule has 0 fully saturated rings. The number of halogens is 1. The molecule has 0 heterocycles. The number of rotatable bonds is 3. The van der Waals surface area contributed by atoms with Gasteiger partial charge in [0.2, 0.25) is 0 Å². The molecule has 2 rings (SSSR count). The van der Waals surface area contributed by atoms with E-state index in [0.29, 0.717) is 17.8 Å². The Morgan fingerprint density at radius 2 is 1.95 bits per heavy atom. The fraction of sp³-hybridized carbons (Fsp3) is 0.133. The first-order valence-corrected chi connectivity index (χ1v) is 7.06. The molecule has 2 aromatic carbocycles. The Morgan fingerprint density at radius 3 is 2.58 bits per heavy atom. The molecule has 1 amide bonds. The van der Waals surface area contributed by atoms with E-state index in [1.807, 2.05) is 31.2 Å². The summed E-state index contributed by atoms with van der Waals surface area (Å²) in [5, 5.41) is 9.51. The number of phenolic OH excluding ortho intramolecular Hbond substituents is 1. The number of carbonyl (C=O) groups is 1. The van der Waals surface area contributed by atoms with Crippen molar-refractivity contribution < 1.29 is 9.90 Å². The van der Waals surface area contributed by atoms with Crippen molar-refractivity contribution >= 4 is 34.2 Å². The number of amides is 1. The molecule has 1 N–H and O–H groups in total. The van der Waals surface area contributed by atoms with Gasteiger partial charge in [-0.2, -0.15) is 0 Å². The van der Waals surface area contributed by atoms with Gasteiger partial charge in [0.15, 0.2) is 0 Å². The first kappa shape index (κ1) is 13.9. The third-order valence-corrected chi connectivity index (χ3v) is 3.45. The van der Waals surface area contributed by atoms with Crippen molar-refractivity contribution in [2.45, 2.75) is 6.92 Å². The third kappa shape index (κ3) is 3.26. The van der Waals surface area contributed by atoms with Gasteiger partial charge in [-0.1, -0.05) is 12.1 Å². The molecular formula is C15H14INO2. The van der Waals surface area contributed by atoms with Gasteiger partial charge in [-0.25, -0.2) is 0 Å². The van der Waals surface area contributed by atoms with Gasteiger partial charge >= 0.3 is 0 Å². The lowest BCUT2D eigenvalue weighted by molar-refractivity contribution is 0.0988. The third-order valence-electron chi connectivity index (χ3n) is 2.77. The number of aromatic hydroxyl groups is 1. The van der Waals surface area contributed by atoms with Crippen LogP contribution in [0.4, 0.5) is 5.69 Å². The molecule has 0 saturated carbocycles. The van der Waals surface area contributed by atoms with Crippen molar-refractivity contribution in [1.82, 2.24) is 0 Å². The van der Waals surface area contributed by atoms with Gasteiger partial charge in [0.05, 0.1) is 0 Å². The highest BCUT2D eigenvalue weighted by Crippen LogP contribution is 2.22. The van der Waals surface area contributed by atoms with Gasteiger partial charge in [-0.05, 0) is 59.8 Å². The highest BCUT2D eigenvalue weighted by molar-refractivity contribution is 14.1. The molecule has 3 nitrogen and oxygen atoms in total. The predicted molar refractivity (Wildman–Crippen MR) is 84.6 cm³/mol. The summed E-state index contributed by atoms with van der Waals surface area (Å²) in [6, 6.07) is 14.2. The van der Waals surface area contributed by atoms with Crippen LogP contribution in [0.25, 0.3) is 0 Å². The van der Waals surface area contributed by atoms with Gasteiger partial charge in [0.25, 0.3) is 5.91 Å². The second-order valence-electron chi connectivity index (χ2n) is 4.08. The number of carbonyl (C=O) groups excluding carboxylic acids is 1. The SMILES string of the molecule is CCN(C(=O)c1cccc(I)c1)c1cccc(O)c1. The predicted octanol–water partition coefficient (Wildman–Crippen LogP) is 3.66. The second kappa shape index (κ2) is 6.06. The smallest absolute Gasteiger partial charge is 0.258 e. The van der Waals surface area contributed by atoms with E-state index in [1.54, 1.807) is 29.2 Å². The van der Waals surface area contributed by atoms with E-state index in [-0.39, 0.29) is 11.7 Å². The van der Waals surface area contributed by atoms with Crippen LogP contribution >= 0.6 is 22.6 Å². The van der Waals surface area contributed by atoms with E-state index in [1.165, 1.54) is 0 Å². The van der Waals surface area contributed by atoms with Crippen molar-refractivity contribution in [3.8, 4) is 5.75 Å².